The molecule has 4 rings (SSSR count). The van der Waals surface area contributed by atoms with Crippen molar-refractivity contribution in [3.8, 4) is 0 Å². The van der Waals surface area contributed by atoms with Crippen molar-refractivity contribution in [1.82, 2.24) is 20.7 Å². The van der Waals surface area contributed by atoms with Gasteiger partial charge in [-0.1, -0.05) is 17.7 Å². The van der Waals surface area contributed by atoms with Crippen LogP contribution in [0.5, 0.6) is 0 Å². The van der Waals surface area contributed by atoms with Gasteiger partial charge >= 0.3 is 6.03 Å². The van der Waals surface area contributed by atoms with E-state index in [9.17, 15) is 19.7 Å². The Kier molecular flexibility index (Phi) is 6.59. The Labute approximate surface area is 185 Å². The van der Waals surface area contributed by atoms with Gasteiger partial charge in [0.1, 0.15) is 6.04 Å². The van der Waals surface area contributed by atoms with E-state index in [1.165, 1.54) is 0 Å². The van der Waals surface area contributed by atoms with Crippen LogP contribution in [0.1, 0.15) is 25.7 Å². The Morgan fingerprint density at radius 1 is 1.13 bits per heavy atom. The number of halogens is 1. The number of hydrogen-bond donors (Lipinski definition) is 3. The molecule has 3 N–H and O–H groups in total. The summed E-state index contributed by atoms with van der Waals surface area (Å²) in [5.41, 5.74) is 6.86. The molecule has 10 nitrogen and oxygen atoms in total. The molecule has 2 aliphatic heterocycles. The minimum Gasteiger partial charge on any atom is -0.339 e. The van der Waals surface area contributed by atoms with Crippen molar-refractivity contribution in [2.45, 2.75) is 43.8 Å². The maximum Gasteiger partial charge on any atom is 0.321 e. The van der Waals surface area contributed by atoms with Crippen molar-refractivity contribution in [3.63, 3.8) is 0 Å². The summed E-state index contributed by atoms with van der Waals surface area (Å²) in [4.78, 5) is 40.3. The van der Waals surface area contributed by atoms with Gasteiger partial charge in [-0.2, -0.15) is 0 Å². The van der Waals surface area contributed by atoms with E-state index in [1.54, 1.807) is 34.1 Å². The number of rotatable bonds is 3. The molecular weight excluding hydrogens is 424 g/mol. The first-order valence-electron chi connectivity index (χ1n) is 10.7. The van der Waals surface area contributed by atoms with Crippen LogP contribution in [0.4, 0.5) is 10.5 Å². The van der Waals surface area contributed by atoms with E-state index in [-0.39, 0.29) is 28.8 Å². The minimum absolute atomic E-state index is 0.0545. The van der Waals surface area contributed by atoms with Crippen molar-refractivity contribution in [3.05, 3.63) is 39.4 Å². The van der Waals surface area contributed by atoms with E-state index in [4.69, 9.17) is 11.6 Å². The molecule has 0 spiro atoms. The Balaban J connectivity index is 1.34. The second-order valence-electron chi connectivity index (χ2n) is 8.40. The first-order valence-corrected chi connectivity index (χ1v) is 11.0. The average Bonchev–Trinajstić information content (AvgIpc) is 3.00. The highest BCUT2D eigenvalue weighted by atomic mass is 35.5. The zero-order valence-corrected chi connectivity index (χ0v) is 17.9. The Morgan fingerprint density at radius 2 is 1.90 bits per heavy atom. The molecular formula is C20H27ClN6O4. The number of carbonyl (C=O) groups is 2. The number of urea groups is 1. The van der Waals surface area contributed by atoms with Gasteiger partial charge in [-0.3, -0.25) is 20.3 Å². The van der Waals surface area contributed by atoms with E-state index in [2.05, 4.69) is 16.2 Å². The van der Waals surface area contributed by atoms with Gasteiger partial charge in [0.15, 0.2) is 0 Å². The summed E-state index contributed by atoms with van der Waals surface area (Å²) in [6.07, 6.45) is 2.28. The monoisotopic (exact) mass is 450 g/mol. The fourth-order valence-corrected chi connectivity index (χ4v) is 4.97. The normalized spacial score (nSPS) is 28.5. The predicted octanol–water partition coefficient (Wildman–Crippen LogP) is 1.70. The molecule has 4 atom stereocenters. The quantitative estimate of drug-likeness (QED) is 0.476. The summed E-state index contributed by atoms with van der Waals surface area (Å²) in [5, 5.41) is 14.6. The number of hydrazine groups is 1. The molecule has 4 unspecified atom stereocenters. The molecule has 168 valence electrons. The van der Waals surface area contributed by atoms with Crippen molar-refractivity contribution >= 4 is 29.2 Å². The topological polar surface area (TPSA) is 120 Å². The van der Waals surface area contributed by atoms with Crippen LogP contribution in [0, 0.1) is 16.0 Å². The zero-order chi connectivity index (χ0) is 22.0. The van der Waals surface area contributed by atoms with Crippen molar-refractivity contribution < 1.29 is 14.5 Å². The molecule has 1 aliphatic carbocycles. The summed E-state index contributed by atoms with van der Waals surface area (Å²) in [6, 6.07) is 5.76. The third-order valence-corrected chi connectivity index (χ3v) is 6.69. The third kappa shape index (κ3) is 4.91. The van der Waals surface area contributed by atoms with Crippen LogP contribution < -0.4 is 16.2 Å². The lowest BCUT2D eigenvalue weighted by molar-refractivity contribution is -0.528. The standard InChI is InChI=1S/C20H27ClN6O4/c21-13-3-1-4-14(11-13)22-20(29)26-8-2-7-25(9-10-26)19(28)18-16-12-15(27(30)31)5-6-17(16)23-24-18/h1,3-4,11,15-18,23-24H,2,5-10,12H2,(H,22,29). The molecule has 3 amide bonds. The third-order valence-electron chi connectivity index (χ3n) is 6.46. The Bertz CT molecular complexity index is 855. The molecule has 2 heterocycles. The number of carbonyl (C=O) groups excluding carboxylic acids is 2. The van der Waals surface area contributed by atoms with Gasteiger partial charge in [0.2, 0.25) is 11.9 Å². The number of anilines is 1. The number of nitro groups is 1. The minimum atomic E-state index is -0.590. The average molecular weight is 451 g/mol. The smallest absolute Gasteiger partial charge is 0.321 e. The number of hydrogen-bond acceptors (Lipinski definition) is 6. The molecule has 1 aromatic rings. The molecule has 0 bridgehead atoms. The maximum absolute atomic E-state index is 13.2. The first kappa shape index (κ1) is 21.8. The van der Waals surface area contributed by atoms with Crippen molar-refractivity contribution in [2.24, 2.45) is 5.92 Å². The van der Waals surface area contributed by atoms with E-state index >= 15 is 0 Å². The van der Waals surface area contributed by atoms with Gasteiger partial charge in [0.25, 0.3) is 0 Å². The van der Waals surface area contributed by atoms with Crippen LogP contribution in [0.25, 0.3) is 0 Å². The highest BCUT2D eigenvalue weighted by molar-refractivity contribution is 6.30. The van der Waals surface area contributed by atoms with Crippen LogP contribution in [-0.2, 0) is 4.79 Å². The lowest BCUT2D eigenvalue weighted by Crippen LogP contribution is -2.50. The van der Waals surface area contributed by atoms with E-state index in [0.717, 1.165) is 0 Å². The number of fused-ring (bicyclic) bond motifs is 1. The fourth-order valence-electron chi connectivity index (χ4n) is 4.78. The van der Waals surface area contributed by atoms with Gasteiger partial charge in [0.05, 0.1) is 0 Å². The second-order valence-corrected chi connectivity index (χ2v) is 8.83. The largest absolute Gasteiger partial charge is 0.339 e. The molecule has 0 radical (unpaired) electrons. The van der Waals surface area contributed by atoms with Gasteiger partial charge < -0.3 is 15.1 Å². The number of nitrogens with one attached hydrogen (secondary N) is 3. The zero-order valence-electron chi connectivity index (χ0n) is 17.1. The van der Waals surface area contributed by atoms with Gasteiger partial charge in [0, 0.05) is 66.6 Å². The number of benzene rings is 1. The molecule has 0 aromatic heterocycles. The molecule has 3 aliphatic rings. The van der Waals surface area contributed by atoms with Crippen LogP contribution in [0.2, 0.25) is 5.02 Å². The van der Waals surface area contributed by atoms with Gasteiger partial charge in [-0.15, -0.1) is 0 Å². The first-order chi connectivity index (χ1) is 14.9. The SMILES string of the molecule is O=C(Nc1cccc(Cl)c1)N1CCCN(C(=O)C2NNC3CCC([N+](=O)[O-])CC32)CC1. The van der Waals surface area contributed by atoms with E-state index in [1.807, 2.05) is 0 Å². The number of amides is 3. The molecule has 11 heteroatoms. The van der Waals surface area contributed by atoms with E-state index in [0.29, 0.717) is 62.6 Å². The Morgan fingerprint density at radius 3 is 2.68 bits per heavy atom. The molecule has 1 saturated carbocycles. The summed E-state index contributed by atoms with van der Waals surface area (Å²) >= 11 is 5.97. The summed E-state index contributed by atoms with van der Waals surface area (Å²) in [5.74, 6) is -0.150. The molecule has 1 aromatic carbocycles. The number of nitrogens with zero attached hydrogens (tertiary/aromatic N) is 3. The summed E-state index contributed by atoms with van der Waals surface area (Å²) < 4.78 is 0. The molecule has 3 fully saturated rings. The van der Waals surface area contributed by atoms with Crippen molar-refractivity contribution in [1.29, 1.82) is 0 Å². The van der Waals surface area contributed by atoms with Crippen LogP contribution in [0.15, 0.2) is 24.3 Å². The highest BCUT2D eigenvalue weighted by Gasteiger charge is 2.47. The summed E-state index contributed by atoms with van der Waals surface area (Å²) in [7, 11) is 0. The predicted molar refractivity (Wildman–Crippen MR) is 115 cm³/mol. The maximum atomic E-state index is 13.2. The van der Waals surface area contributed by atoms with Crippen LogP contribution in [0.3, 0.4) is 0 Å². The lowest BCUT2D eigenvalue weighted by atomic mass is 9.79. The lowest BCUT2D eigenvalue weighted by Gasteiger charge is -2.31. The fraction of sp³-hybridized carbons (Fsp3) is 0.600. The van der Waals surface area contributed by atoms with Crippen molar-refractivity contribution in [2.75, 3.05) is 31.5 Å². The molecule has 2 saturated heterocycles. The van der Waals surface area contributed by atoms with Crippen LogP contribution in [-0.4, -0.2) is 71.0 Å². The molecule has 31 heavy (non-hydrogen) atoms. The van der Waals surface area contributed by atoms with Gasteiger partial charge in [-0.25, -0.2) is 10.2 Å². The summed E-state index contributed by atoms with van der Waals surface area (Å²) in [6.45, 7) is 1.94. The van der Waals surface area contributed by atoms with Crippen LogP contribution >= 0.6 is 11.6 Å². The second kappa shape index (κ2) is 9.37. The van der Waals surface area contributed by atoms with E-state index < -0.39 is 12.1 Å². The Hall–Kier alpha value is -2.43. The highest BCUT2D eigenvalue weighted by Crippen LogP contribution is 2.32. The van der Waals surface area contributed by atoms with Gasteiger partial charge in [-0.05, 0) is 31.0 Å².